The fourth-order valence-electron chi connectivity index (χ4n) is 0.469. The fraction of sp³-hybridized carbons (Fsp3) is 0. The van der Waals surface area contributed by atoms with E-state index in [1.54, 1.807) is 6.20 Å². The van der Waals surface area contributed by atoms with Gasteiger partial charge in [0.05, 0.1) is 6.20 Å². The van der Waals surface area contributed by atoms with Crippen LogP contribution in [0, 0.1) is 0 Å². The highest BCUT2D eigenvalue weighted by molar-refractivity contribution is 5.16. The van der Waals surface area contributed by atoms with E-state index in [-0.39, 0.29) is 0 Å². The van der Waals surface area contributed by atoms with Crippen molar-refractivity contribution < 1.29 is 0 Å². The van der Waals surface area contributed by atoms with Crippen molar-refractivity contribution in [1.29, 1.82) is 0 Å². The molecule has 7 N–H and O–H groups in total. The van der Waals surface area contributed by atoms with Gasteiger partial charge in [0.25, 0.3) is 0 Å². The molecule has 50 valence electrons. The van der Waals surface area contributed by atoms with Crippen LogP contribution in [0.1, 0.15) is 0 Å². The zero-order valence-corrected chi connectivity index (χ0v) is 4.78. The summed E-state index contributed by atoms with van der Waals surface area (Å²) < 4.78 is 0. The summed E-state index contributed by atoms with van der Waals surface area (Å²) in [5, 5.41) is 0. The number of imidazole rings is 1. The van der Waals surface area contributed by atoms with E-state index in [4.69, 9.17) is 17.5 Å². The number of nitrogens with two attached hydrogens (primary N) is 3. The number of rotatable bonds is 1. The molecule has 6 nitrogen and oxygen atoms in total. The molecule has 6 heteroatoms. The second kappa shape index (κ2) is 1.78. The van der Waals surface area contributed by atoms with Gasteiger partial charge in [-0.2, -0.15) is 4.98 Å². The third-order valence-electron chi connectivity index (χ3n) is 0.851. The zero-order chi connectivity index (χ0) is 6.91. The van der Waals surface area contributed by atoms with Crippen LogP contribution in [0.2, 0.25) is 0 Å². The molecule has 1 rings (SSSR count). The summed E-state index contributed by atoms with van der Waals surface area (Å²) >= 11 is 0. The first-order valence-electron chi connectivity index (χ1n) is 2.35. The van der Waals surface area contributed by atoms with E-state index in [2.05, 4.69) is 9.97 Å². The minimum atomic E-state index is -0.757. The third-order valence-corrected chi connectivity index (χ3v) is 0.851. The minimum Gasteiger partial charge on any atom is -0.294 e. The summed E-state index contributed by atoms with van der Waals surface area (Å²) in [6.45, 7) is 0. The van der Waals surface area contributed by atoms with Crippen molar-refractivity contribution in [3.63, 3.8) is 0 Å². The van der Waals surface area contributed by atoms with Gasteiger partial charge in [0.1, 0.15) is 0 Å². The lowest BCUT2D eigenvalue weighted by molar-refractivity contribution is 0.286. The molecule has 0 unspecified atom stereocenters. The number of hydrogen-bond acceptors (Lipinski definition) is 4. The van der Waals surface area contributed by atoms with Crippen LogP contribution < -0.4 is 22.3 Å². The Morgan fingerprint density at radius 2 is 2.11 bits per heavy atom. The van der Waals surface area contributed by atoms with Crippen molar-refractivity contribution in [3.8, 4) is 0 Å². The van der Waals surface area contributed by atoms with Crippen LogP contribution in [0.25, 0.3) is 0 Å². The lowest BCUT2D eigenvalue weighted by Crippen LogP contribution is -2.68. The van der Waals surface area contributed by atoms with Gasteiger partial charge < -0.3 is 0 Å². The summed E-state index contributed by atoms with van der Waals surface area (Å²) in [6.07, 6.45) is 3.11. The Hall–Kier alpha value is -0.950. The summed E-state index contributed by atoms with van der Waals surface area (Å²) in [5.41, 5.74) is 0. The molecular weight excluding hydrogens is 120 g/mol. The topological polar surface area (TPSA) is 107 Å². The Morgan fingerprint density at radius 3 is 2.33 bits per heavy atom. The lowest BCUT2D eigenvalue weighted by atomic mass is 11.0. The van der Waals surface area contributed by atoms with Crippen LogP contribution in [0.15, 0.2) is 12.4 Å². The van der Waals surface area contributed by atoms with E-state index in [9.17, 15) is 0 Å². The summed E-state index contributed by atoms with van der Waals surface area (Å²) in [5.74, 6) is 15.9. The predicted molar refractivity (Wildman–Crippen MR) is 32.9 cm³/mol. The quantitative estimate of drug-likeness (QED) is 0.207. The first-order valence-corrected chi connectivity index (χ1v) is 2.35. The number of aromatic nitrogens is 2. The molecule has 1 heterocycles. The number of quaternary nitrogens is 1. The van der Waals surface area contributed by atoms with E-state index in [0.717, 1.165) is 0 Å². The first-order chi connectivity index (χ1) is 4.11. The van der Waals surface area contributed by atoms with Crippen molar-refractivity contribution in [1.82, 2.24) is 14.8 Å². The summed E-state index contributed by atoms with van der Waals surface area (Å²) in [6, 6.07) is 0. The van der Waals surface area contributed by atoms with Gasteiger partial charge in [0.15, 0.2) is 0 Å². The van der Waals surface area contributed by atoms with Crippen LogP contribution >= 0.6 is 0 Å². The minimum absolute atomic E-state index is 0.315. The van der Waals surface area contributed by atoms with E-state index < -0.39 is 4.81 Å². The Labute approximate surface area is 51.8 Å². The van der Waals surface area contributed by atoms with E-state index in [1.807, 2.05) is 0 Å². The lowest BCUT2D eigenvalue weighted by Gasteiger charge is -2.13. The third kappa shape index (κ3) is 1.24. The van der Waals surface area contributed by atoms with Crippen LogP contribution in [0.4, 0.5) is 5.95 Å². The van der Waals surface area contributed by atoms with Crippen LogP contribution in [-0.4, -0.2) is 9.97 Å². The molecule has 0 fully saturated rings. The summed E-state index contributed by atoms with van der Waals surface area (Å²) in [7, 11) is 0. The second-order valence-electron chi connectivity index (χ2n) is 1.75. The first kappa shape index (κ1) is 6.17. The Bertz CT molecular complexity index is 171. The predicted octanol–water partition coefficient (Wildman–Crippen LogP) is -1.66. The van der Waals surface area contributed by atoms with Gasteiger partial charge >= 0.3 is 5.95 Å². The molecule has 9 heavy (non-hydrogen) atoms. The number of H-pyrrole nitrogens is 1. The maximum absolute atomic E-state index is 5.20. The SMILES string of the molecule is N[N+](N)(N)c1ncc[nH]1. The van der Waals surface area contributed by atoms with Crippen molar-refractivity contribution in [3.05, 3.63) is 12.4 Å². The highest BCUT2D eigenvalue weighted by Crippen LogP contribution is 1.98. The van der Waals surface area contributed by atoms with Crippen molar-refractivity contribution in [2.24, 2.45) is 17.5 Å². The molecule has 0 amide bonds. The summed E-state index contributed by atoms with van der Waals surface area (Å²) in [4.78, 5) is 5.64. The highest BCUT2D eigenvalue weighted by Gasteiger charge is 2.17. The standard InChI is InChI=1S/C3H9N6/c4-9(5,6)3-7-1-2-8-3/h1-2H,4-6H2,(H,7,8)/q+1. The van der Waals surface area contributed by atoms with Crippen molar-refractivity contribution in [2.45, 2.75) is 0 Å². The zero-order valence-electron chi connectivity index (χ0n) is 4.78. The van der Waals surface area contributed by atoms with E-state index in [0.29, 0.717) is 5.95 Å². The Balaban J connectivity index is 2.90. The molecule has 1 aromatic heterocycles. The molecule has 0 aliphatic rings. The molecule has 0 aromatic carbocycles. The number of nitrogens with zero attached hydrogens (tertiary/aromatic N) is 2. The Kier molecular flexibility index (Phi) is 1.22. The largest absolute Gasteiger partial charge is 0.366 e. The smallest absolute Gasteiger partial charge is 0.294 e. The van der Waals surface area contributed by atoms with Crippen molar-refractivity contribution in [2.75, 3.05) is 0 Å². The molecule has 0 aliphatic carbocycles. The monoisotopic (exact) mass is 129 g/mol. The molecule has 0 bridgehead atoms. The van der Waals surface area contributed by atoms with E-state index >= 15 is 0 Å². The van der Waals surface area contributed by atoms with Crippen LogP contribution in [0.5, 0.6) is 0 Å². The van der Waals surface area contributed by atoms with Gasteiger partial charge in [0, 0.05) is 6.20 Å². The molecule has 0 saturated heterocycles. The average molecular weight is 129 g/mol. The highest BCUT2D eigenvalue weighted by atomic mass is 15.9. The molecule has 1 aromatic rings. The van der Waals surface area contributed by atoms with Gasteiger partial charge in [-0.05, 0) is 4.81 Å². The molecule has 0 radical (unpaired) electrons. The molecule has 0 atom stereocenters. The van der Waals surface area contributed by atoms with Gasteiger partial charge in [-0.25, -0.2) is 0 Å². The van der Waals surface area contributed by atoms with Gasteiger partial charge in [-0.1, -0.05) is 0 Å². The van der Waals surface area contributed by atoms with Crippen molar-refractivity contribution >= 4 is 5.95 Å². The van der Waals surface area contributed by atoms with Crippen LogP contribution in [0.3, 0.4) is 0 Å². The maximum atomic E-state index is 5.20. The van der Waals surface area contributed by atoms with Gasteiger partial charge in [-0.15, -0.1) is 17.5 Å². The molecule has 0 saturated carbocycles. The number of nitrogens with one attached hydrogen (secondary N) is 1. The molecule has 0 spiro atoms. The molecular formula is C3H9N6+. The fourth-order valence-corrected chi connectivity index (χ4v) is 0.469. The Morgan fingerprint density at radius 1 is 1.44 bits per heavy atom. The van der Waals surface area contributed by atoms with E-state index in [1.165, 1.54) is 6.20 Å². The maximum Gasteiger partial charge on any atom is 0.366 e. The number of hydrogen-bond donors (Lipinski definition) is 4. The second-order valence-corrected chi connectivity index (χ2v) is 1.75. The van der Waals surface area contributed by atoms with Gasteiger partial charge in [0.2, 0.25) is 0 Å². The average Bonchev–Trinajstić information content (AvgIpc) is 2.08. The number of aromatic amines is 1. The normalized spacial score (nSPS) is 11.9. The van der Waals surface area contributed by atoms with Crippen LogP contribution in [-0.2, 0) is 0 Å². The van der Waals surface area contributed by atoms with Gasteiger partial charge in [-0.3, -0.25) is 4.98 Å². The molecule has 0 aliphatic heterocycles.